The van der Waals surface area contributed by atoms with E-state index in [0.717, 1.165) is 57.8 Å². The molecule has 4 N–H and O–H groups in total. The molecule has 0 aliphatic carbocycles. The summed E-state index contributed by atoms with van der Waals surface area (Å²) in [5.41, 5.74) is 4.66. The zero-order valence-electron chi connectivity index (χ0n) is 20.3. The number of hydrogen-bond acceptors (Lipinski definition) is 3. The van der Waals surface area contributed by atoms with Gasteiger partial charge in [-0.1, -0.05) is 97.8 Å². The van der Waals surface area contributed by atoms with E-state index in [1.807, 2.05) is 0 Å². The third-order valence-corrected chi connectivity index (χ3v) is 6.29. The topological polar surface area (TPSA) is 109 Å². The number of hydrogen-bond donors (Lipinski definition) is 3. The van der Waals surface area contributed by atoms with Crippen LogP contribution in [0.15, 0.2) is 0 Å². The van der Waals surface area contributed by atoms with Gasteiger partial charge < -0.3 is 16.2 Å². The molecule has 0 aliphatic rings. The lowest BCUT2D eigenvalue weighted by molar-refractivity contribution is -0.145. The maximum atomic E-state index is 13.4. The van der Waals surface area contributed by atoms with Crippen LogP contribution in [0, 0.1) is 5.41 Å². The first-order valence-electron chi connectivity index (χ1n) is 12.6. The lowest BCUT2D eigenvalue weighted by Gasteiger charge is -2.34. The maximum Gasteiger partial charge on any atom is 0.326 e. The Kier molecular flexibility index (Phi) is 17.1. The van der Waals surface area contributed by atoms with Gasteiger partial charge in [-0.05, 0) is 25.7 Å². The standard InChI is InChI=1S/C25H48N2O4/c1-4-7-10-11-12-13-14-15-20-25(18-8-5-2,19-9-6-3)24(31)27-21(23(29)30)16-17-22(26)28/h21H,4-20H2,1-3H3,(H2,26,28)(H,27,31)(H,29,30). The van der Waals surface area contributed by atoms with E-state index in [1.165, 1.54) is 38.5 Å². The highest BCUT2D eigenvalue weighted by atomic mass is 16.4. The summed E-state index contributed by atoms with van der Waals surface area (Å²) in [6.45, 7) is 6.46. The van der Waals surface area contributed by atoms with E-state index in [1.54, 1.807) is 0 Å². The van der Waals surface area contributed by atoms with Crippen molar-refractivity contribution in [1.29, 1.82) is 0 Å². The molecule has 6 nitrogen and oxygen atoms in total. The van der Waals surface area contributed by atoms with E-state index in [4.69, 9.17) is 5.73 Å². The van der Waals surface area contributed by atoms with Gasteiger partial charge in [0.05, 0.1) is 0 Å². The van der Waals surface area contributed by atoms with E-state index in [2.05, 4.69) is 26.1 Å². The fourth-order valence-corrected chi connectivity index (χ4v) is 4.20. The van der Waals surface area contributed by atoms with Crippen molar-refractivity contribution in [2.45, 2.75) is 136 Å². The maximum absolute atomic E-state index is 13.4. The highest BCUT2D eigenvalue weighted by Crippen LogP contribution is 2.37. The minimum Gasteiger partial charge on any atom is -0.480 e. The van der Waals surface area contributed by atoms with Gasteiger partial charge in [-0.15, -0.1) is 0 Å². The van der Waals surface area contributed by atoms with Gasteiger partial charge in [-0.25, -0.2) is 4.79 Å². The minimum absolute atomic E-state index is 0.0335. The van der Waals surface area contributed by atoms with Crippen LogP contribution in [0.3, 0.4) is 0 Å². The van der Waals surface area contributed by atoms with Crippen LogP contribution < -0.4 is 11.1 Å². The van der Waals surface area contributed by atoms with Gasteiger partial charge in [-0.2, -0.15) is 0 Å². The summed E-state index contributed by atoms with van der Waals surface area (Å²) in [6, 6.07) is -1.07. The van der Waals surface area contributed by atoms with Gasteiger partial charge in [0.2, 0.25) is 11.8 Å². The highest BCUT2D eigenvalue weighted by Gasteiger charge is 2.38. The molecule has 2 amide bonds. The second kappa shape index (κ2) is 18.0. The van der Waals surface area contributed by atoms with E-state index in [-0.39, 0.29) is 18.7 Å². The Morgan fingerprint density at radius 3 is 1.68 bits per heavy atom. The quantitative estimate of drug-likeness (QED) is 0.198. The first-order valence-corrected chi connectivity index (χ1v) is 12.6. The number of carboxylic acids is 1. The van der Waals surface area contributed by atoms with Crippen molar-refractivity contribution in [2.24, 2.45) is 11.1 Å². The number of primary amides is 1. The summed E-state index contributed by atoms with van der Waals surface area (Å²) in [7, 11) is 0. The summed E-state index contributed by atoms with van der Waals surface area (Å²) >= 11 is 0. The molecule has 0 spiro atoms. The van der Waals surface area contributed by atoms with E-state index in [9.17, 15) is 19.5 Å². The van der Waals surface area contributed by atoms with Gasteiger partial charge in [0.25, 0.3) is 0 Å². The number of unbranched alkanes of at least 4 members (excludes halogenated alkanes) is 9. The van der Waals surface area contributed by atoms with Crippen LogP contribution in [0.1, 0.15) is 130 Å². The summed E-state index contributed by atoms with van der Waals surface area (Å²) in [6.07, 6.45) is 16.0. The third kappa shape index (κ3) is 13.4. The van der Waals surface area contributed by atoms with Crippen LogP contribution in [0.25, 0.3) is 0 Å². The number of rotatable bonds is 21. The minimum atomic E-state index is -1.11. The molecule has 31 heavy (non-hydrogen) atoms. The molecule has 6 heteroatoms. The number of aliphatic carboxylic acids is 1. The SMILES string of the molecule is CCCCCCCCCCC(CCCC)(CCCC)C(=O)NC(CCC(N)=O)C(=O)O. The van der Waals surface area contributed by atoms with Crippen molar-refractivity contribution in [3.63, 3.8) is 0 Å². The Labute approximate surface area is 190 Å². The molecular weight excluding hydrogens is 392 g/mol. The Hall–Kier alpha value is -1.59. The second-order valence-electron chi connectivity index (χ2n) is 9.08. The predicted molar refractivity (Wildman–Crippen MR) is 127 cm³/mol. The molecule has 0 aliphatic heterocycles. The van der Waals surface area contributed by atoms with Crippen molar-refractivity contribution in [3.8, 4) is 0 Å². The molecule has 0 aromatic rings. The van der Waals surface area contributed by atoms with Crippen molar-refractivity contribution < 1.29 is 19.5 Å². The molecule has 0 heterocycles. The Morgan fingerprint density at radius 1 is 0.774 bits per heavy atom. The summed E-state index contributed by atoms with van der Waals surface area (Å²) in [4.78, 5) is 36.1. The number of carbonyl (C=O) groups is 3. The lowest BCUT2D eigenvalue weighted by atomic mass is 9.73. The van der Waals surface area contributed by atoms with Crippen molar-refractivity contribution in [2.75, 3.05) is 0 Å². The monoisotopic (exact) mass is 440 g/mol. The number of nitrogens with two attached hydrogens (primary N) is 1. The smallest absolute Gasteiger partial charge is 0.326 e. The zero-order chi connectivity index (χ0) is 23.5. The predicted octanol–water partition coefficient (Wildman–Crippen LogP) is 5.72. The van der Waals surface area contributed by atoms with Crippen molar-refractivity contribution >= 4 is 17.8 Å². The van der Waals surface area contributed by atoms with Crippen molar-refractivity contribution in [3.05, 3.63) is 0 Å². The fourth-order valence-electron chi connectivity index (χ4n) is 4.20. The molecular formula is C25H48N2O4. The van der Waals surface area contributed by atoms with Crippen LogP contribution in [-0.2, 0) is 14.4 Å². The molecule has 0 saturated heterocycles. The van der Waals surface area contributed by atoms with E-state index in [0.29, 0.717) is 0 Å². The van der Waals surface area contributed by atoms with Gasteiger partial charge in [0.1, 0.15) is 6.04 Å². The van der Waals surface area contributed by atoms with Gasteiger partial charge in [-0.3, -0.25) is 9.59 Å². The van der Waals surface area contributed by atoms with Gasteiger partial charge in [0.15, 0.2) is 0 Å². The Balaban J connectivity index is 5.09. The van der Waals surface area contributed by atoms with Crippen molar-refractivity contribution in [1.82, 2.24) is 5.32 Å². The third-order valence-electron chi connectivity index (χ3n) is 6.29. The Bertz CT molecular complexity index is 500. The van der Waals surface area contributed by atoms with Crippen LogP contribution in [0.5, 0.6) is 0 Å². The summed E-state index contributed by atoms with van der Waals surface area (Å²) < 4.78 is 0. The van der Waals surface area contributed by atoms with Crippen LogP contribution in [0.4, 0.5) is 0 Å². The summed E-state index contributed by atoms with van der Waals surface area (Å²) in [5, 5.41) is 12.3. The lowest BCUT2D eigenvalue weighted by Crippen LogP contribution is -2.49. The van der Waals surface area contributed by atoms with Crippen LogP contribution >= 0.6 is 0 Å². The largest absolute Gasteiger partial charge is 0.480 e. The molecule has 0 rings (SSSR count). The molecule has 0 bridgehead atoms. The normalized spacial score (nSPS) is 12.5. The second-order valence-corrected chi connectivity index (χ2v) is 9.08. The Morgan fingerprint density at radius 2 is 1.23 bits per heavy atom. The first-order chi connectivity index (χ1) is 14.8. The van der Waals surface area contributed by atoms with E-state index < -0.39 is 23.3 Å². The molecule has 1 atom stereocenters. The zero-order valence-corrected chi connectivity index (χ0v) is 20.3. The summed E-state index contributed by atoms with van der Waals surface area (Å²) in [5.74, 6) is -1.82. The van der Waals surface area contributed by atoms with Crippen LogP contribution in [-0.4, -0.2) is 28.9 Å². The molecule has 0 saturated carbocycles. The van der Waals surface area contributed by atoms with Gasteiger partial charge >= 0.3 is 5.97 Å². The number of nitrogens with one attached hydrogen (secondary N) is 1. The molecule has 0 radical (unpaired) electrons. The number of carbonyl (C=O) groups excluding carboxylic acids is 2. The molecule has 0 aromatic heterocycles. The average Bonchev–Trinajstić information content (AvgIpc) is 2.73. The van der Waals surface area contributed by atoms with Crippen LogP contribution in [0.2, 0.25) is 0 Å². The fraction of sp³-hybridized carbons (Fsp3) is 0.880. The molecule has 0 fully saturated rings. The number of amides is 2. The highest BCUT2D eigenvalue weighted by molar-refractivity contribution is 5.87. The first kappa shape index (κ1) is 29.4. The molecule has 182 valence electrons. The number of carboxylic acid groups (broad SMARTS) is 1. The van der Waals surface area contributed by atoms with E-state index >= 15 is 0 Å². The van der Waals surface area contributed by atoms with Gasteiger partial charge in [0, 0.05) is 11.8 Å². The molecule has 1 unspecified atom stereocenters. The molecule has 0 aromatic carbocycles. The average molecular weight is 441 g/mol.